The van der Waals surface area contributed by atoms with E-state index in [0.29, 0.717) is 9.13 Å². The predicted octanol–water partition coefficient (Wildman–Crippen LogP) is 2.31. The molecule has 0 spiro atoms. The number of esters is 1. The first-order valence-corrected chi connectivity index (χ1v) is 7.49. The maximum atomic E-state index is 11.4. The van der Waals surface area contributed by atoms with Gasteiger partial charge in [-0.05, 0) is 47.2 Å². The molecule has 1 aromatic carbocycles. The van der Waals surface area contributed by atoms with Crippen molar-refractivity contribution in [1.29, 1.82) is 0 Å². The van der Waals surface area contributed by atoms with Crippen molar-refractivity contribution >= 4 is 48.3 Å². The first-order valence-electron chi connectivity index (χ1n) is 4.10. The summed E-state index contributed by atoms with van der Waals surface area (Å²) in [6.07, 6.45) is 0. The molecule has 0 aromatic heterocycles. The van der Waals surface area contributed by atoms with Crippen LogP contribution in [0.5, 0.6) is 0 Å². The Bertz CT molecular complexity index is 539. The number of carbonyl (C=O) groups excluding carboxylic acids is 1. The van der Waals surface area contributed by atoms with Gasteiger partial charge in [-0.1, -0.05) is 0 Å². The van der Waals surface area contributed by atoms with Crippen LogP contribution < -0.4 is 0 Å². The lowest BCUT2D eigenvalue weighted by Gasteiger charge is -2.07. The minimum absolute atomic E-state index is 0.104. The second kappa shape index (κ2) is 4.89. The fourth-order valence-electron chi connectivity index (χ4n) is 1.14. The zero-order chi connectivity index (χ0) is 12.5. The molecule has 0 fully saturated rings. The third-order valence-electron chi connectivity index (χ3n) is 1.91. The molecule has 0 saturated carbocycles. The molecule has 0 amide bonds. The van der Waals surface area contributed by atoms with Gasteiger partial charge in [0.15, 0.2) is 0 Å². The van der Waals surface area contributed by atoms with Crippen LogP contribution in [0, 0.1) is 10.5 Å². The molecule has 88 valence electrons. The summed E-state index contributed by atoms with van der Waals surface area (Å²) in [5.74, 6) is -0.588. The van der Waals surface area contributed by atoms with E-state index in [2.05, 4.69) is 4.74 Å². The lowest BCUT2D eigenvalue weighted by Crippen LogP contribution is -2.07. The van der Waals surface area contributed by atoms with E-state index in [0.717, 1.165) is 0 Å². The SMILES string of the molecule is COC(=O)c1cc(S(=O)(=O)Cl)cc(C)c1I. The number of methoxy groups -OCH3 is 1. The van der Waals surface area contributed by atoms with E-state index in [1.54, 1.807) is 6.92 Å². The Morgan fingerprint density at radius 2 is 2.00 bits per heavy atom. The monoisotopic (exact) mass is 374 g/mol. The zero-order valence-corrected chi connectivity index (χ0v) is 12.2. The van der Waals surface area contributed by atoms with Crippen molar-refractivity contribution in [1.82, 2.24) is 0 Å². The third kappa shape index (κ3) is 2.86. The van der Waals surface area contributed by atoms with Gasteiger partial charge in [-0.25, -0.2) is 13.2 Å². The van der Waals surface area contributed by atoms with E-state index in [-0.39, 0.29) is 10.5 Å². The number of hydrogen-bond acceptors (Lipinski definition) is 4. The van der Waals surface area contributed by atoms with Crippen LogP contribution in [0.2, 0.25) is 0 Å². The molecule has 1 aromatic rings. The van der Waals surface area contributed by atoms with Crippen LogP contribution in [0.4, 0.5) is 0 Å². The Morgan fingerprint density at radius 1 is 1.44 bits per heavy atom. The summed E-state index contributed by atoms with van der Waals surface area (Å²) >= 11 is 1.95. The molecule has 0 aliphatic heterocycles. The molecule has 0 saturated heterocycles. The van der Waals surface area contributed by atoms with Gasteiger partial charge in [0.25, 0.3) is 9.05 Å². The summed E-state index contributed by atoms with van der Waals surface area (Å²) in [6, 6.07) is 2.62. The standard InChI is InChI=1S/C9H8ClIO4S/c1-5-3-6(16(10,13)14)4-7(8(5)11)9(12)15-2/h3-4H,1-2H3. The topological polar surface area (TPSA) is 60.4 Å². The molecule has 0 aliphatic rings. The van der Waals surface area contributed by atoms with Gasteiger partial charge >= 0.3 is 5.97 Å². The number of rotatable bonds is 2. The molecule has 16 heavy (non-hydrogen) atoms. The predicted molar refractivity (Wildman–Crippen MR) is 68.3 cm³/mol. The molecular weight excluding hydrogens is 367 g/mol. The van der Waals surface area contributed by atoms with Crippen LogP contribution in [0.1, 0.15) is 15.9 Å². The maximum absolute atomic E-state index is 11.4. The minimum Gasteiger partial charge on any atom is -0.465 e. The van der Waals surface area contributed by atoms with Gasteiger partial charge in [0.1, 0.15) is 0 Å². The van der Waals surface area contributed by atoms with Crippen molar-refractivity contribution < 1.29 is 17.9 Å². The highest BCUT2D eigenvalue weighted by atomic mass is 127. The Hall–Kier alpha value is -0.340. The number of carbonyl (C=O) groups is 1. The van der Waals surface area contributed by atoms with Gasteiger partial charge in [0.2, 0.25) is 0 Å². The fraction of sp³-hybridized carbons (Fsp3) is 0.222. The Kier molecular flexibility index (Phi) is 4.19. The highest BCUT2D eigenvalue weighted by Crippen LogP contribution is 2.24. The molecule has 0 radical (unpaired) electrons. The number of benzene rings is 1. The van der Waals surface area contributed by atoms with E-state index in [1.807, 2.05) is 22.6 Å². The smallest absolute Gasteiger partial charge is 0.338 e. The molecule has 0 N–H and O–H groups in total. The number of ether oxygens (including phenoxy) is 1. The summed E-state index contributed by atoms with van der Waals surface area (Å²) in [4.78, 5) is 11.3. The van der Waals surface area contributed by atoms with Crippen molar-refractivity contribution in [3.05, 3.63) is 26.8 Å². The van der Waals surface area contributed by atoms with Crippen molar-refractivity contribution in [2.75, 3.05) is 7.11 Å². The normalized spacial score (nSPS) is 11.2. The molecule has 1 rings (SSSR count). The van der Waals surface area contributed by atoms with E-state index < -0.39 is 15.0 Å². The number of aryl methyl sites for hydroxylation is 1. The van der Waals surface area contributed by atoms with Gasteiger partial charge in [0, 0.05) is 14.3 Å². The van der Waals surface area contributed by atoms with Crippen molar-refractivity contribution in [3.63, 3.8) is 0 Å². The van der Waals surface area contributed by atoms with Gasteiger partial charge in [0.05, 0.1) is 17.6 Å². The average molecular weight is 375 g/mol. The zero-order valence-electron chi connectivity index (χ0n) is 8.45. The van der Waals surface area contributed by atoms with Crippen LogP contribution in [-0.2, 0) is 13.8 Å². The summed E-state index contributed by atoms with van der Waals surface area (Å²) in [5.41, 5.74) is 0.852. The summed E-state index contributed by atoms with van der Waals surface area (Å²) < 4.78 is 27.5. The van der Waals surface area contributed by atoms with Gasteiger partial charge in [-0.15, -0.1) is 0 Å². The fourth-order valence-corrected chi connectivity index (χ4v) is 2.51. The Labute approximate surface area is 111 Å². The molecule has 7 heteroatoms. The average Bonchev–Trinajstić information content (AvgIpc) is 2.19. The van der Waals surface area contributed by atoms with E-state index in [1.165, 1.54) is 19.2 Å². The lowest BCUT2D eigenvalue weighted by molar-refractivity contribution is 0.0599. The molecule has 0 atom stereocenters. The van der Waals surface area contributed by atoms with Crippen molar-refractivity contribution in [3.8, 4) is 0 Å². The van der Waals surface area contributed by atoms with Crippen LogP contribution in [0.15, 0.2) is 17.0 Å². The lowest BCUT2D eigenvalue weighted by atomic mass is 10.1. The second-order valence-corrected chi connectivity index (χ2v) is 6.68. The van der Waals surface area contributed by atoms with Crippen LogP contribution in [0.3, 0.4) is 0 Å². The number of hydrogen-bond donors (Lipinski definition) is 0. The molecular formula is C9H8ClIO4S. The van der Waals surface area contributed by atoms with Crippen LogP contribution in [0.25, 0.3) is 0 Å². The molecule has 0 bridgehead atoms. The maximum Gasteiger partial charge on any atom is 0.338 e. The van der Waals surface area contributed by atoms with Gasteiger partial charge in [-0.2, -0.15) is 0 Å². The van der Waals surface area contributed by atoms with Crippen LogP contribution >= 0.6 is 33.3 Å². The summed E-state index contributed by atoms with van der Waals surface area (Å²) in [6.45, 7) is 1.69. The van der Waals surface area contributed by atoms with Crippen molar-refractivity contribution in [2.45, 2.75) is 11.8 Å². The highest BCUT2D eigenvalue weighted by molar-refractivity contribution is 14.1. The van der Waals surface area contributed by atoms with Crippen molar-refractivity contribution in [2.24, 2.45) is 0 Å². The van der Waals surface area contributed by atoms with E-state index in [4.69, 9.17) is 10.7 Å². The summed E-state index contributed by atoms with van der Waals surface area (Å²) in [7, 11) is 2.61. The molecule has 0 unspecified atom stereocenters. The van der Waals surface area contributed by atoms with E-state index in [9.17, 15) is 13.2 Å². The first kappa shape index (κ1) is 13.7. The first-order chi connectivity index (χ1) is 7.27. The van der Waals surface area contributed by atoms with Gasteiger partial charge in [-0.3, -0.25) is 0 Å². The second-order valence-electron chi connectivity index (χ2n) is 3.03. The molecule has 4 nitrogen and oxygen atoms in total. The largest absolute Gasteiger partial charge is 0.465 e. The van der Waals surface area contributed by atoms with Crippen LogP contribution in [-0.4, -0.2) is 21.5 Å². The Morgan fingerprint density at radius 3 is 2.44 bits per heavy atom. The molecule has 0 heterocycles. The number of halogens is 2. The summed E-state index contributed by atoms with van der Waals surface area (Å²) in [5, 5.41) is 0. The quantitative estimate of drug-likeness (QED) is 0.453. The highest BCUT2D eigenvalue weighted by Gasteiger charge is 2.18. The Balaban J connectivity index is 3.51. The minimum atomic E-state index is -3.85. The molecule has 0 aliphatic carbocycles. The van der Waals surface area contributed by atoms with Gasteiger partial charge < -0.3 is 4.74 Å². The van der Waals surface area contributed by atoms with E-state index >= 15 is 0 Å². The third-order valence-corrected chi connectivity index (χ3v) is 4.68.